The van der Waals surface area contributed by atoms with Gasteiger partial charge in [0.15, 0.2) is 0 Å². The van der Waals surface area contributed by atoms with E-state index in [1.54, 1.807) is 0 Å². The zero-order chi connectivity index (χ0) is 50.6. The predicted octanol–water partition coefficient (Wildman–Crippen LogP) is 18.6. The van der Waals surface area contributed by atoms with Crippen LogP contribution in [0.5, 0.6) is 11.5 Å². The van der Waals surface area contributed by atoms with Crippen LogP contribution in [-0.2, 0) is 5.41 Å². The number of aromatic nitrogens is 2. The fourth-order valence-corrected chi connectivity index (χ4v) is 15.5. The van der Waals surface area contributed by atoms with E-state index in [-0.39, 0.29) is 5.41 Å². The minimum atomic E-state index is -0.118. The standard InChI is InChI=1S/C72H56N4O/c1-3-16-49(17-4-1)59-25-14-26-60(50-18-5-2-6-19-50)71(59)75-46-74(67-30-11-12-31-68(67)75)55-21-13-22-56(44-55)77-57-33-35-64-63-24-9-10-29-66(63)76(69(64)45-57)70-43-52(36-37-73-70)72(53-39-47-38-48(41-53)42-54(72)40-47)65-28-15-27-61-58-23-8-7-20-51(58)32-34-62(61)65/h1-37,43-45,47-48,53-54H,38-42,46H2. The van der Waals surface area contributed by atoms with Gasteiger partial charge in [0.1, 0.15) is 24.0 Å². The van der Waals surface area contributed by atoms with Crippen LogP contribution in [0.4, 0.5) is 22.7 Å². The molecule has 0 atom stereocenters. The minimum absolute atomic E-state index is 0.118. The van der Waals surface area contributed by atoms with Crippen LogP contribution in [0.15, 0.2) is 243 Å². The maximum Gasteiger partial charge on any atom is 0.137 e. The Morgan fingerprint density at radius 2 is 1.04 bits per heavy atom. The first-order valence-electron chi connectivity index (χ1n) is 27.7. The zero-order valence-electron chi connectivity index (χ0n) is 42.8. The molecule has 4 aliphatic carbocycles. The van der Waals surface area contributed by atoms with Crippen LogP contribution in [-0.4, -0.2) is 16.2 Å². The molecular formula is C72H56N4O. The maximum atomic E-state index is 6.98. The summed E-state index contributed by atoms with van der Waals surface area (Å²) in [7, 11) is 0. The van der Waals surface area contributed by atoms with Crippen molar-refractivity contribution in [1.29, 1.82) is 0 Å². The average Bonchev–Trinajstić information content (AvgIpc) is 4.04. The van der Waals surface area contributed by atoms with E-state index in [0.29, 0.717) is 18.5 Å². The molecule has 0 saturated heterocycles. The van der Waals surface area contributed by atoms with Crippen molar-refractivity contribution in [3.05, 3.63) is 254 Å². The predicted molar refractivity (Wildman–Crippen MR) is 317 cm³/mol. The second-order valence-corrected chi connectivity index (χ2v) is 22.3. The largest absolute Gasteiger partial charge is 0.457 e. The molecule has 5 aliphatic rings. The Labute approximate surface area is 449 Å². The minimum Gasteiger partial charge on any atom is -0.457 e. The molecule has 4 bridgehead atoms. The van der Waals surface area contributed by atoms with E-state index in [1.165, 1.54) is 103 Å². The van der Waals surface area contributed by atoms with Gasteiger partial charge in [0.25, 0.3) is 0 Å². The molecule has 4 saturated carbocycles. The molecule has 0 N–H and O–H groups in total. The van der Waals surface area contributed by atoms with Gasteiger partial charge in [0.2, 0.25) is 0 Å². The second-order valence-electron chi connectivity index (χ2n) is 22.3. The molecule has 4 fully saturated rings. The number of nitrogens with zero attached hydrogens (tertiary/aromatic N) is 4. The van der Waals surface area contributed by atoms with Crippen LogP contribution in [0.25, 0.3) is 71.4 Å². The lowest BCUT2D eigenvalue weighted by Crippen LogP contribution is -2.56. The number of hydrogen-bond donors (Lipinski definition) is 0. The SMILES string of the molecule is c1ccc(-c2cccc(-c3ccccc3)c2N2CN(c3cccc(Oc4ccc5c6ccccc6n(-c6cc(C7(c8cccc9c8ccc8ccccc89)C8CC9CC(C8)CC7C9)ccn6)c5c4)c3)c3ccccc32)cc1. The molecule has 0 spiro atoms. The molecule has 10 aromatic carbocycles. The van der Waals surface area contributed by atoms with E-state index < -0.39 is 0 Å². The number of ether oxygens (including phenoxy) is 1. The Kier molecular flexibility index (Phi) is 10.1. The van der Waals surface area contributed by atoms with Crippen LogP contribution in [0.1, 0.15) is 43.2 Å². The number of anilines is 4. The van der Waals surface area contributed by atoms with Crippen molar-refractivity contribution in [3.63, 3.8) is 0 Å². The summed E-state index contributed by atoms with van der Waals surface area (Å²) in [6.45, 7) is 0.631. The number of para-hydroxylation sites is 4. The Morgan fingerprint density at radius 1 is 0.429 bits per heavy atom. The van der Waals surface area contributed by atoms with Gasteiger partial charge in [0, 0.05) is 51.3 Å². The van der Waals surface area contributed by atoms with Crippen molar-refractivity contribution in [3.8, 4) is 39.6 Å². The van der Waals surface area contributed by atoms with Crippen LogP contribution in [0.2, 0.25) is 0 Å². The number of rotatable bonds is 9. The van der Waals surface area contributed by atoms with E-state index in [4.69, 9.17) is 9.72 Å². The zero-order valence-corrected chi connectivity index (χ0v) is 42.8. The Hall–Kier alpha value is -8.93. The number of pyridine rings is 1. The molecule has 2 aromatic heterocycles. The monoisotopic (exact) mass is 992 g/mol. The van der Waals surface area contributed by atoms with E-state index in [2.05, 4.69) is 257 Å². The summed E-state index contributed by atoms with van der Waals surface area (Å²) in [5.74, 6) is 5.33. The summed E-state index contributed by atoms with van der Waals surface area (Å²) in [5, 5.41) is 7.78. The first-order valence-corrected chi connectivity index (χ1v) is 27.7. The molecule has 5 nitrogen and oxygen atoms in total. The van der Waals surface area contributed by atoms with Gasteiger partial charge in [-0.1, -0.05) is 170 Å². The molecule has 0 unspecified atom stereocenters. The fraction of sp³-hybridized carbons (Fsp3) is 0.153. The molecule has 5 heteroatoms. The third kappa shape index (κ3) is 6.95. The highest BCUT2D eigenvalue weighted by Gasteiger charge is 2.59. The summed E-state index contributed by atoms with van der Waals surface area (Å²) in [6, 6.07) is 86.7. The van der Waals surface area contributed by atoms with Gasteiger partial charge in [-0.3, -0.25) is 4.57 Å². The third-order valence-electron chi connectivity index (χ3n) is 18.3. The molecule has 1 aliphatic heterocycles. The van der Waals surface area contributed by atoms with Crippen molar-refractivity contribution in [1.82, 2.24) is 9.55 Å². The van der Waals surface area contributed by atoms with Gasteiger partial charge >= 0.3 is 0 Å². The highest BCUT2D eigenvalue weighted by Crippen LogP contribution is 2.66. The first kappa shape index (κ1) is 44.4. The van der Waals surface area contributed by atoms with Crippen molar-refractivity contribution >= 4 is 66.1 Å². The lowest BCUT2D eigenvalue weighted by molar-refractivity contribution is -0.0412. The van der Waals surface area contributed by atoms with E-state index in [0.717, 1.165) is 57.2 Å². The van der Waals surface area contributed by atoms with Crippen molar-refractivity contribution in [2.75, 3.05) is 16.5 Å². The van der Waals surface area contributed by atoms with Gasteiger partial charge in [-0.05, 0) is 154 Å². The van der Waals surface area contributed by atoms with Crippen LogP contribution >= 0.6 is 0 Å². The molecule has 17 rings (SSSR count). The molecule has 12 aromatic rings. The average molecular weight is 993 g/mol. The Bertz CT molecular complexity index is 4190. The van der Waals surface area contributed by atoms with Crippen molar-refractivity contribution < 1.29 is 4.74 Å². The molecular weight excluding hydrogens is 937 g/mol. The highest BCUT2D eigenvalue weighted by atomic mass is 16.5. The fourth-order valence-electron chi connectivity index (χ4n) is 15.5. The second kappa shape index (κ2) is 17.6. The normalized spacial score (nSPS) is 20.4. The summed E-state index contributed by atoms with van der Waals surface area (Å²) in [5.41, 5.74) is 14.3. The van der Waals surface area contributed by atoms with Crippen LogP contribution in [0.3, 0.4) is 0 Å². The van der Waals surface area contributed by atoms with Crippen molar-refractivity contribution in [2.24, 2.45) is 23.7 Å². The van der Waals surface area contributed by atoms with Crippen LogP contribution < -0.4 is 14.5 Å². The molecule has 0 amide bonds. The van der Waals surface area contributed by atoms with E-state index in [1.807, 2.05) is 0 Å². The highest BCUT2D eigenvalue weighted by molar-refractivity contribution is 6.10. The number of hydrogen-bond acceptors (Lipinski definition) is 4. The maximum absolute atomic E-state index is 6.98. The van der Waals surface area contributed by atoms with Gasteiger partial charge in [-0.2, -0.15) is 0 Å². The Morgan fingerprint density at radius 3 is 1.81 bits per heavy atom. The first-order chi connectivity index (χ1) is 38.1. The molecule has 0 radical (unpaired) electrons. The third-order valence-corrected chi connectivity index (χ3v) is 18.3. The smallest absolute Gasteiger partial charge is 0.137 e. The van der Waals surface area contributed by atoms with Crippen LogP contribution in [0, 0.1) is 23.7 Å². The van der Waals surface area contributed by atoms with Gasteiger partial charge < -0.3 is 14.5 Å². The van der Waals surface area contributed by atoms with E-state index in [9.17, 15) is 0 Å². The lowest BCUT2D eigenvalue weighted by atomic mass is 9.42. The summed E-state index contributed by atoms with van der Waals surface area (Å²) in [4.78, 5) is 10.2. The van der Waals surface area contributed by atoms with Gasteiger partial charge in [0.05, 0.1) is 28.1 Å². The lowest BCUT2D eigenvalue weighted by Gasteiger charge is -2.62. The summed E-state index contributed by atoms with van der Waals surface area (Å²) < 4.78 is 9.37. The molecule has 77 heavy (non-hydrogen) atoms. The molecule has 370 valence electrons. The van der Waals surface area contributed by atoms with Gasteiger partial charge in [-0.25, -0.2) is 4.98 Å². The topological polar surface area (TPSA) is 33.5 Å². The van der Waals surface area contributed by atoms with Gasteiger partial charge in [-0.15, -0.1) is 0 Å². The van der Waals surface area contributed by atoms with E-state index >= 15 is 0 Å². The summed E-state index contributed by atoms with van der Waals surface area (Å²) >= 11 is 0. The quantitative estimate of drug-likeness (QED) is 0.135. The number of benzene rings is 10. The summed E-state index contributed by atoms with van der Waals surface area (Å²) in [6.07, 6.45) is 8.70. The number of fused-ring (bicyclic) bond motifs is 7. The molecule has 3 heterocycles. The van der Waals surface area contributed by atoms with Crippen molar-refractivity contribution in [2.45, 2.75) is 37.5 Å². The Balaban J connectivity index is 0.784.